The number of aromatic amines is 1. The number of fused-ring (bicyclic) bond motifs is 4. The SMILES string of the molecule is CNC(=O)c1nc(-c2ccnc3ccccc23)c2c(n1)[nH]c1cc(C)c(OC)cc12. The van der Waals surface area contributed by atoms with E-state index in [0.717, 1.165) is 44.1 Å². The Bertz CT molecular complexity index is 1450. The first-order valence-electron chi connectivity index (χ1n) is 9.55. The summed E-state index contributed by atoms with van der Waals surface area (Å²) in [5.41, 5.74) is 4.94. The average Bonchev–Trinajstić information content (AvgIpc) is 3.13. The van der Waals surface area contributed by atoms with Crippen molar-refractivity contribution in [2.24, 2.45) is 0 Å². The van der Waals surface area contributed by atoms with E-state index in [2.05, 4.69) is 25.3 Å². The van der Waals surface area contributed by atoms with Crippen molar-refractivity contribution in [1.82, 2.24) is 25.3 Å². The Balaban J connectivity index is 1.95. The molecule has 0 saturated carbocycles. The highest BCUT2D eigenvalue weighted by atomic mass is 16.5. The minimum atomic E-state index is -0.344. The van der Waals surface area contributed by atoms with Crippen molar-refractivity contribution in [3.8, 4) is 17.0 Å². The Kier molecular flexibility index (Phi) is 4.10. The third-order valence-corrected chi connectivity index (χ3v) is 5.30. The lowest BCUT2D eigenvalue weighted by molar-refractivity contribution is 0.0953. The van der Waals surface area contributed by atoms with Crippen molar-refractivity contribution in [3.63, 3.8) is 0 Å². The summed E-state index contributed by atoms with van der Waals surface area (Å²) in [6.07, 6.45) is 1.75. The molecule has 2 aromatic carbocycles. The summed E-state index contributed by atoms with van der Waals surface area (Å²) in [7, 11) is 3.22. The van der Waals surface area contributed by atoms with Crippen LogP contribution in [0, 0.1) is 6.92 Å². The number of H-pyrrole nitrogens is 1. The van der Waals surface area contributed by atoms with Crippen molar-refractivity contribution >= 4 is 38.7 Å². The summed E-state index contributed by atoms with van der Waals surface area (Å²) in [6, 6.07) is 13.8. The molecular formula is C23H19N5O2. The zero-order valence-corrected chi connectivity index (χ0v) is 16.8. The smallest absolute Gasteiger partial charge is 0.288 e. The van der Waals surface area contributed by atoms with E-state index >= 15 is 0 Å². The number of methoxy groups -OCH3 is 1. The molecule has 0 aliphatic rings. The van der Waals surface area contributed by atoms with Crippen LogP contribution in [0.1, 0.15) is 16.2 Å². The predicted molar refractivity (Wildman–Crippen MR) is 117 cm³/mol. The van der Waals surface area contributed by atoms with E-state index in [-0.39, 0.29) is 11.7 Å². The molecule has 2 N–H and O–H groups in total. The molecule has 0 atom stereocenters. The fourth-order valence-corrected chi connectivity index (χ4v) is 3.86. The van der Waals surface area contributed by atoms with Crippen LogP contribution >= 0.6 is 0 Å². The molecule has 0 fully saturated rings. The molecule has 3 heterocycles. The fourth-order valence-electron chi connectivity index (χ4n) is 3.86. The molecule has 1 amide bonds. The van der Waals surface area contributed by atoms with Crippen molar-refractivity contribution < 1.29 is 9.53 Å². The number of ether oxygens (including phenoxy) is 1. The summed E-state index contributed by atoms with van der Waals surface area (Å²) in [4.78, 5) is 29.4. The number of hydrogen-bond donors (Lipinski definition) is 2. The average molecular weight is 397 g/mol. The number of nitrogens with zero attached hydrogens (tertiary/aromatic N) is 3. The molecule has 0 spiro atoms. The third kappa shape index (κ3) is 2.67. The van der Waals surface area contributed by atoms with E-state index in [1.54, 1.807) is 20.4 Å². The number of nitrogens with one attached hydrogen (secondary N) is 2. The highest BCUT2D eigenvalue weighted by Crippen LogP contribution is 2.37. The lowest BCUT2D eigenvalue weighted by Gasteiger charge is -2.09. The standard InChI is InChI=1S/C23H19N5O2/c1-12-10-17-15(11-18(12)30-3)19-20(27-22(23(29)24-2)28-21(19)26-17)14-8-9-25-16-7-5-4-6-13(14)16/h4-11H,1-3H3,(H,24,29)(H,26,27,28). The van der Waals surface area contributed by atoms with Crippen LogP contribution in [0.15, 0.2) is 48.7 Å². The fraction of sp³-hybridized carbons (Fsp3) is 0.130. The quantitative estimate of drug-likeness (QED) is 0.480. The topological polar surface area (TPSA) is 92.8 Å². The molecule has 0 aliphatic heterocycles. The van der Waals surface area contributed by atoms with Gasteiger partial charge in [0.2, 0.25) is 5.82 Å². The molecule has 0 unspecified atom stereocenters. The van der Waals surface area contributed by atoms with E-state index in [1.807, 2.05) is 49.4 Å². The Labute approximate surface area is 172 Å². The van der Waals surface area contributed by atoms with Crippen LogP contribution in [0.25, 0.3) is 44.1 Å². The number of carbonyl (C=O) groups excluding carboxylic acids is 1. The van der Waals surface area contributed by atoms with Crippen molar-refractivity contribution in [2.45, 2.75) is 6.92 Å². The third-order valence-electron chi connectivity index (χ3n) is 5.30. The van der Waals surface area contributed by atoms with Gasteiger partial charge in [0.1, 0.15) is 11.4 Å². The second-order valence-electron chi connectivity index (χ2n) is 7.07. The highest BCUT2D eigenvalue weighted by Gasteiger charge is 2.20. The molecule has 0 bridgehead atoms. The molecule has 30 heavy (non-hydrogen) atoms. The van der Waals surface area contributed by atoms with Gasteiger partial charge in [-0.15, -0.1) is 0 Å². The Morgan fingerprint density at radius 1 is 1.10 bits per heavy atom. The van der Waals surface area contributed by atoms with Gasteiger partial charge in [-0.05, 0) is 36.8 Å². The maximum absolute atomic E-state index is 12.4. The second kappa shape index (κ2) is 6.81. The molecule has 148 valence electrons. The first-order valence-corrected chi connectivity index (χ1v) is 9.55. The van der Waals surface area contributed by atoms with Crippen LogP contribution in [0.5, 0.6) is 5.75 Å². The van der Waals surface area contributed by atoms with Crippen LogP contribution in [0.4, 0.5) is 0 Å². The van der Waals surface area contributed by atoms with Crippen molar-refractivity contribution in [2.75, 3.05) is 14.2 Å². The predicted octanol–water partition coefficient (Wildman–Crippen LogP) is 4.00. The van der Waals surface area contributed by atoms with Crippen LogP contribution < -0.4 is 10.1 Å². The number of aryl methyl sites for hydroxylation is 1. The van der Waals surface area contributed by atoms with Gasteiger partial charge in [-0.3, -0.25) is 9.78 Å². The van der Waals surface area contributed by atoms with Gasteiger partial charge in [0.05, 0.1) is 23.7 Å². The number of pyridine rings is 1. The summed E-state index contributed by atoms with van der Waals surface area (Å²) < 4.78 is 5.54. The van der Waals surface area contributed by atoms with Gasteiger partial charge in [0.25, 0.3) is 5.91 Å². The minimum Gasteiger partial charge on any atom is -0.496 e. The first-order chi connectivity index (χ1) is 14.6. The number of para-hydroxylation sites is 1. The van der Waals surface area contributed by atoms with E-state index in [9.17, 15) is 4.79 Å². The lowest BCUT2D eigenvalue weighted by atomic mass is 10.0. The Morgan fingerprint density at radius 3 is 2.73 bits per heavy atom. The highest BCUT2D eigenvalue weighted by molar-refractivity contribution is 6.15. The molecule has 5 aromatic rings. The number of amides is 1. The van der Waals surface area contributed by atoms with Gasteiger partial charge < -0.3 is 15.0 Å². The Morgan fingerprint density at radius 2 is 1.93 bits per heavy atom. The van der Waals surface area contributed by atoms with Crippen LogP contribution in [-0.4, -0.2) is 40.0 Å². The normalized spacial score (nSPS) is 11.3. The molecule has 0 radical (unpaired) electrons. The number of aromatic nitrogens is 4. The molecule has 5 rings (SSSR count). The summed E-state index contributed by atoms with van der Waals surface area (Å²) in [6.45, 7) is 1.99. The number of hydrogen-bond acceptors (Lipinski definition) is 5. The summed E-state index contributed by atoms with van der Waals surface area (Å²) in [5.74, 6) is 0.546. The largest absolute Gasteiger partial charge is 0.496 e. The van der Waals surface area contributed by atoms with E-state index in [4.69, 9.17) is 4.74 Å². The maximum Gasteiger partial charge on any atom is 0.288 e. The maximum atomic E-state index is 12.4. The van der Waals surface area contributed by atoms with Crippen molar-refractivity contribution in [1.29, 1.82) is 0 Å². The van der Waals surface area contributed by atoms with Gasteiger partial charge in [-0.1, -0.05) is 18.2 Å². The van der Waals surface area contributed by atoms with Gasteiger partial charge in [-0.2, -0.15) is 0 Å². The van der Waals surface area contributed by atoms with Gasteiger partial charge in [-0.25, -0.2) is 9.97 Å². The van der Waals surface area contributed by atoms with Crippen LogP contribution in [0.2, 0.25) is 0 Å². The molecule has 7 heteroatoms. The monoisotopic (exact) mass is 397 g/mol. The summed E-state index contributed by atoms with van der Waals surface area (Å²) >= 11 is 0. The molecular weight excluding hydrogens is 378 g/mol. The van der Waals surface area contributed by atoms with Gasteiger partial charge >= 0.3 is 0 Å². The summed E-state index contributed by atoms with van der Waals surface area (Å²) in [5, 5.41) is 5.34. The zero-order chi connectivity index (χ0) is 20.8. The number of carbonyl (C=O) groups is 1. The Hall–Kier alpha value is -4.00. The zero-order valence-electron chi connectivity index (χ0n) is 16.8. The van der Waals surface area contributed by atoms with E-state index in [1.165, 1.54) is 0 Å². The van der Waals surface area contributed by atoms with Crippen LogP contribution in [0.3, 0.4) is 0 Å². The molecule has 0 saturated heterocycles. The molecule has 7 nitrogen and oxygen atoms in total. The lowest BCUT2D eigenvalue weighted by Crippen LogP contribution is -2.21. The molecule has 0 aliphatic carbocycles. The van der Waals surface area contributed by atoms with E-state index in [0.29, 0.717) is 11.3 Å². The van der Waals surface area contributed by atoms with Crippen LogP contribution in [-0.2, 0) is 0 Å². The second-order valence-corrected chi connectivity index (χ2v) is 7.07. The molecule has 3 aromatic heterocycles. The van der Waals surface area contributed by atoms with Gasteiger partial charge in [0, 0.05) is 35.1 Å². The van der Waals surface area contributed by atoms with Crippen molar-refractivity contribution in [3.05, 3.63) is 60.0 Å². The van der Waals surface area contributed by atoms with Gasteiger partial charge in [0.15, 0.2) is 0 Å². The number of benzene rings is 2. The number of rotatable bonds is 3. The first kappa shape index (κ1) is 18.1. The van der Waals surface area contributed by atoms with E-state index < -0.39 is 0 Å². The minimum absolute atomic E-state index is 0.108.